The first-order chi connectivity index (χ1) is 9.20. The third-order valence-electron chi connectivity index (χ3n) is 3.30. The molecule has 0 spiro atoms. The summed E-state index contributed by atoms with van der Waals surface area (Å²) in [7, 11) is -2.84. The van der Waals surface area contributed by atoms with Crippen molar-refractivity contribution in [3.8, 4) is 0 Å². The van der Waals surface area contributed by atoms with Crippen molar-refractivity contribution in [2.24, 2.45) is 11.8 Å². The number of hydrogen-bond acceptors (Lipinski definition) is 4. The van der Waals surface area contributed by atoms with Gasteiger partial charge in [-0.1, -0.05) is 27.7 Å². The van der Waals surface area contributed by atoms with Crippen LogP contribution in [0.5, 0.6) is 0 Å². The molecule has 0 fully saturated rings. The standard InChI is InChI=1S/C15H34N2O2S/c1-14(2)6-10-17(11-7-15(3)4)12-8-16-9-13-20(5,18)19/h14-16H,6-13H2,1-5H3. The molecule has 0 atom stereocenters. The second kappa shape index (κ2) is 10.6. The average molecular weight is 307 g/mol. The molecule has 0 aromatic heterocycles. The normalized spacial score (nSPS) is 12.8. The Kier molecular flexibility index (Phi) is 10.5. The topological polar surface area (TPSA) is 49.4 Å². The van der Waals surface area contributed by atoms with E-state index in [1.54, 1.807) is 0 Å². The van der Waals surface area contributed by atoms with Crippen LogP contribution in [-0.2, 0) is 9.84 Å². The molecule has 0 aliphatic rings. The fourth-order valence-corrected chi connectivity index (χ4v) is 2.35. The smallest absolute Gasteiger partial charge is 0.148 e. The van der Waals surface area contributed by atoms with Gasteiger partial charge in [0.1, 0.15) is 9.84 Å². The van der Waals surface area contributed by atoms with E-state index in [4.69, 9.17) is 0 Å². The molecule has 0 saturated heterocycles. The first-order valence-electron chi connectivity index (χ1n) is 7.81. The van der Waals surface area contributed by atoms with Gasteiger partial charge in [0.25, 0.3) is 0 Å². The quantitative estimate of drug-likeness (QED) is 0.560. The van der Waals surface area contributed by atoms with E-state index in [2.05, 4.69) is 37.9 Å². The molecule has 0 unspecified atom stereocenters. The predicted molar refractivity (Wildman–Crippen MR) is 87.9 cm³/mol. The minimum Gasteiger partial charge on any atom is -0.314 e. The predicted octanol–water partition coefficient (Wildman–Crippen LogP) is 2.01. The first-order valence-corrected chi connectivity index (χ1v) is 9.87. The van der Waals surface area contributed by atoms with E-state index < -0.39 is 9.84 Å². The van der Waals surface area contributed by atoms with E-state index in [0.29, 0.717) is 6.54 Å². The lowest BCUT2D eigenvalue weighted by Gasteiger charge is -2.24. The van der Waals surface area contributed by atoms with Gasteiger partial charge < -0.3 is 10.2 Å². The molecule has 0 heterocycles. The summed E-state index contributed by atoms with van der Waals surface area (Å²) in [6.07, 6.45) is 3.73. The summed E-state index contributed by atoms with van der Waals surface area (Å²) < 4.78 is 22.1. The molecule has 4 nitrogen and oxygen atoms in total. The van der Waals surface area contributed by atoms with Gasteiger partial charge in [-0.05, 0) is 37.8 Å². The third-order valence-corrected chi connectivity index (χ3v) is 4.25. The zero-order valence-corrected chi connectivity index (χ0v) is 14.8. The minimum atomic E-state index is -2.84. The zero-order chi connectivity index (χ0) is 15.6. The molecule has 0 aliphatic carbocycles. The second-order valence-electron chi connectivity index (χ2n) is 6.59. The zero-order valence-electron chi connectivity index (χ0n) is 14.0. The van der Waals surface area contributed by atoms with Crippen LogP contribution in [0, 0.1) is 11.8 Å². The Morgan fingerprint density at radius 3 is 1.80 bits per heavy atom. The molecular formula is C15H34N2O2S. The lowest BCUT2D eigenvalue weighted by atomic mass is 10.1. The molecule has 0 saturated carbocycles. The molecule has 0 bridgehead atoms. The number of nitrogens with zero attached hydrogens (tertiary/aromatic N) is 1. The molecule has 122 valence electrons. The number of hydrogen-bond donors (Lipinski definition) is 1. The largest absolute Gasteiger partial charge is 0.314 e. The van der Waals surface area contributed by atoms with Crippen molar-refractivity contribution >= 4 is 9.84 Å². The van der Waals surface area contributed by atoms with Crippen molar-refractivity contribution < 1.29 is 8.42 Å². The van der Waals surface area contributed by atoms with Gasteiger partial charge in [-0.25, -0.2) is 8.42 Å². The molecule has 5 heteroatoms. The Morgan fingerprint density at radius 2 is 1.40 bits per heavy atom. The van der Waals surface area contributed by atoms with E-state index in [1.165, 1.54) is 19.1 Å². The maximum Gasteiger partial charge on any atom is 0.148 e. The monoisotopic (exact) mass is 306 g/mol. The molecule has 1 N–H and O–H groups in total. The number of rotatable bonds is 12. The van der Waals surface area contributed by atoms with Crippen LogP contribution in [0.4, 0.5) is 0 Å². The third kappa shape index (κ3) is 14.3. The summed E-state index contributed by atoms with van der Waals surface area (Å²) in [6, 6.07) is 0. The van der Waals surface area contributed by atoms with E-state index in [-0.39, 0.29) is 5.75 Å². The summed E-state index contributed by atoms with van der Waals surface area (Å²) in [4.78, 5) is 2.49. The van der Waals surface area contributed by atoms with Crippen LogP contribution in [0.25, 0.3) is 0 Å². The van der Waals surface area contributed by atoms with Crippen molar-refractivity contribution in [2.75, 3.05) is 44.7 Å². The van der Waals surface area contributed by atoms with Crippen molar-refractivity contribution in [1.29, 1.82) is 0 Å². The molecule has 0 aromatic rings. The summed E-state index contributed by atoms with van der Waals surface area (Å²) in [5.74, 6) is 1.69. The van der Waals surface area contributed by atoms with Gasteiger partial charge >= 0.3 is 0 Å². The van der Waals surface area contributed by atoms with E-state index in [0.717, 1.165) is 38.0 Å². The molecule has 20 heavy (non-hydrogen) atoms. The Morgan fingerprint density at radius 1 is 0.900 bits per heavy atom. The van der Waals surface area contributed by atoms with E-state index in [1.807, 2.05) is 0 Å². The fraction of sp³-hybridized carbons (Fsp3) is 1.00. The van der Waals surface area contributed by atoms with Crippen LogP contribution in [0.1, 0.15) is 40.5 Å². The Balaban J connectivity index is 3.89. The Bertz CT molecular complexity index is 315. The number of nitrogens with one attached hydrogen (secondary N) is 1. The lowest BCUT2D eigenvalue weighted by Crippen LogP contribution is -2.36. The maximum atomic E-state index is 11.0. The molecule has 0 aliphatic heterocycles. The van der Waals surface area contributed by atoms with Gasteiger partial charge in [0.05, 0.1) is 5.75 Å². The van der Waals surface area contributed by atoms with Gasteiger partial charge in [-0.3, -0.25) is 0 Å². The van der Waals surface area contributed by atoms with Crippen molar-refractivity contribution in [3.05, 3.63) is 0 Å². The van der Waals surface area contributed by atoms with Gasteiger partial charge in [-0.15, -0.1) is 0 Å². The summed E-state index contributed by atoms with van der Waals surface area (Å²) in [6.45, 7) is 13.7. The highest BCUT2D eigenvalue weighted by molar-refractivity contribution is 7.90. The highest BCUT2D eigenvalue weighted by Gasteiger charge is 2.07. The summed E-state index contributed by atoms with van der Waals surface area (Å²) >= 11 is 0. The van der Waals surface area contributed by atoms with Gasteiger partial charge in [0.15, 0.2) is 0 Å². The summed E-state index contributed by atoms with van der Waals surface area (Å²) in [5, 5.41) is 3.23. The minimum absolute atomic E-state index is 0.227. The van der Waals surface area contributed by atoms with Crippen LogP contribution in [0.15, 0.2) is 0 Å². The highest BCUT2D eigenvalue weighted by Crippen LogP contribution is 2.06. The van der Waals surface area contributed by atoms with Crippen LogP contribution < -0.4 is 5.32 Å². The van der Waals surface area contributed by atoms with Crippen molar-refractivity contribution in [3.63, 3.8) is 0 Å². The van der Waals surface area contributed by atoms with Crippen molar-refractivity contribution in [2.45, 2.75) is 40.5 Å². The Labute approximate surface area is 126 Å². The average Bonchev–Trinajstić information content (AvgIpc) is 2.29. The molecule has 0 amide bonds. The first kappa shape index (κ1) is 19.9. The maximum absolute atomic E-state index is 11.0. The van der Waals surface area contributed by atoms with Crippen LogP contribution in [0.2, 0.25) is 0 Å². The SMILES string of the molecule is CC(C)CCN(CCNCCS(C)(=O)=O)CCC(C)C. The van der Waals surface area contributed by atoms with Crippen molar-refractivity contribution in [1.82, 2.24) is 10.2 Å². The molecule has 0 rings (SSSR count). The fourth-order valence-electron chi connectivity index (χ4n) is 1.84. The van der Waals surface area contributed by atoms with Gasteiger partial charge in [0.2, 0.25) is 0 Å². The second-order valence-corrected chi connectivity index (χ2v) is 8.85. The Hall–Kier alpha value is -0.130. The lowest BCUT2D eigenvalue weighted by molar-refractivity contribution is 0.244. The summed E-state index contributed by atoms with van der Waals surface area (Å²) in [5.41, 5.74) is 0. The highest BCUT2D eigenvalue weighted by atomic mass is 32.2. The van der Waals surface area contributed by atoms with Crippen LogP contribution in [0.3, 0.4) is 0 Å². The van der Waals surface area contributed by atoms with Gasteiger partial charge in [-0.2, -0.15) is 0 Å². The van der Waals surface area contributed by atoms with Crippen LogP contribution >= 0.6 is 0 Å². The number of sulfone groups is 1. The van der Waals surface area contributed by atoms with E-state index >= 15 is 0 Å². The molecule has 0 aromatic carbocycles. The van der Waals surface area contributed by atoms with Gasteiger partial charge in [0, 0.05) is 25.9 Å². The molecule has 0 radical (unpaired) electrons. The van der Waals surface area contributed by atoms with Crippen LogP contribution in [-0.4, -0.2) is 58.1 Å². The molecular weight excluding hydrogens is 272 g/mol. The van der Waals surface area contributed by atoms with E-state index in [9.17, 15) is 8.42 Å².